The van der Waals surface area contributed by atoms with E-state index in [2.05, 4.69) is 0 Å². The molecule has 0 N–H and O–H groups in total. The highest BCUT2D eigenvalue weighted by Crippen LogP contribution is 2.69. The highest BCUT2D eigenvalue weighted by Gasteiger charge is 2.72. The second-order valence-corrected chi connectivity index (χ2v) is 12.6. The molecule has 2 fully saturated rings. The molecule has 0 unspecified atom stereocenters. The summed E-state index contributed by atoms with van der Waals surface area (Å²) in [7, 11) is 1.34. The molecule has 8 atom stereocenters. The third kappa shape index (κ3) is 4.20. The second kappa shape index (κ2) is 9.77. The molecule has 0 spiro atoms. The molecule has 0 radical (unpaired) electrons. The molecule has 2 aliphatic carbocycles. The van der Waals surface area contributed by atoms with Crippen molar-refractivity contribution in [3.63, 3.8) is 0 Å². The second-order valence-electron chi connectivity index (χ2n) is 12.6. The topological polar surface area (TPSA) is 128 Å². The number of allylic oxidation sites excluding steroid dienone is 1. The highest BCUT2D eigenvalue weighted by atomic mass is 16.6. The van der Waals surface area contributed by atoms with E-state index in [1.807, 2.05) is 34.6 Å². The molecule has 0 amide bonds. The average Bonchev–Trinajstić information content (AvgIpc) is 3.52. The van der Waals surface area contributed by atoms with E-state index in [9.17, 15) is 19.2 Å². The van der Waals surface area contributed by atoms with Crippen LogP contribution in [-0.2, 0) is 42.9 Å². The summed E-state index contributed by atoms with van der Waals surface area (Å²) in [6.07, 6.45) is 0.548. The Hall–Kier alpha value is -3.56. The van der Waals surface area contributed by atoms with Crippen LogP contribution in [0.4, 0.5) is 0 Å². The van der Waals surface area contributed by atoms with E-state index >= 15 is 0 Å². The zero-order valence-corrected chi connectivity index (χ0v) is 24.8. The van der Waals surface area contributed by atoms with Crippen molar-refractivity contribution < 1.29 is 47.3 Å². The van der Waals surface area contributed by atoms with Gasteiger partial charge in [0.2, 0.25) is 0 Å². The van der Waals surface area contributed by atoms with E-state index in [0.717, 1.165) is 5.57 Å². The SMILES string of the molecule is COC(=O)C[C@H]1C(C)(C)[C@H](OC(C)=O)C[C@@H]2OC3=C(C)C4=CC(=O)O[C@@H](c5ccco5)[C@]4(C)[C@@H](OC(C)=O)[C@@H]3[C@@]21C. The highest BCUT2D eigenvalue weighted by molar-refractivity contribution is 5.86. The lowest BCUT2D eigenvalue weighted by atomic mass is 9.46. The largest absolute Gasteiger partial charge is 0.493 e. The van der Waals surface area contributed by atoms with Gasteiger partial charge in [-0.1, -0.05) is 20.8 Å². The summed E-state index contributed by atoms with van der Waals surface area (Å²) in [5.41, 5.74) is -1.15. The summed E-state index contributed by atoms with van der Waals surface area (Å²) in [5, 5.41) is 0. The molecule has 41 heavy (non-hydrogen) atoms. The predicted molar refractivity (Wildman–Crippen MR) is 143 cm³/mol. The van der Waals surface area contributed by atoms with Gasteiger partial charge in [-0.3, -0.25) is 14.4 Å². The molecule has 4 aliphatic rings. The summed E-state index contributed by atoms with van der Waals surface area (Å²) in [4.78, 5) is 50.7. The Labute approximate surface area is 239 Å². The number of ether oxygens (including phenoxy) is 5. The van der Waals surface area contributed by atoms with Crippen molar-refractivity contribution in [2.45, 2.75) is 85.7 Å². The van der Waals surface area contributed by atoms with Crippen molar-refractivity contribution in [3.8, 4) is 0 Å². The Balaban J connectivity index is 1.76. The van der Waals surface area contributed by atoms with Gasteiger partial charge < -0.3 is 28.1 Å². The van der Waals surface area contributed by atoms with Crippen molar-refractivity contribution in [2.24, 2.45) is 28.1 Å². The molecule has 222 valence electrons. The van der Waals surface area contributed by atoms with Crippen molar-refractivity contribution in [3.05, 3.63) is 47.1 Å². The third-order valence-corrected chi connectivity index (χ3v) is 10.1. The smallest absolute Gasteiger partial charge is 0.331 e. The van der Waals surface area contributed by atoms with E-state index in [-0.39, 0.29) is 6.42 Å². The van der Waals surface area contributed by atoms with Gasteiger partial charge in [-0.25, -0.2) is 4.79 Å². The predicted octanol–water partition coefficient (Wildman–Crippen LogP) is 4.59. The summed E-state index contributed by atoms with van der Waals surface area (Å²) >= 11 is 0. The van der Waals surface area contributed by atoms with Crippen molar-refractivity contribution in [2.75, 3.05) is 7.11 Å². The number of hydrogen-bond donors (Lipinski definition) is 0. The number of furan rings is 1. The molecule has 5 rings (SSSR count). The Kier molecular flexibility index (Phi) is 6.90. The summed E-state index contributed by atoms with van der Waals surface area (Å²) < 4.78 is 35.5. The molecule has 0 bridgehead atoms. The van der Waals surface area contributed by atoms with Crippen LogP contribution in [0.5, 0.6) is 0 Å². The molecule has 1 aromatic heterocycles. The van der Waals surface area contributed by atoms with Gasteiger partial charge in [0.05, 0.1) is 24.7 Å². The molecule has 0 aromatic carbocycles. The maximum atomic E-state index is 12.9. The summed E-state index contributed by atoms with van der Waals surface area (Å²) in [6, 6.07) is 3.44. The molecule has 1 saturated carbocycles. The van der Waals surface area contributed by atoms with E-state index in [1.165, 1.54) is 33.3 Å². The first kappa shape index (κ1) is 29.0. The zero-order valence-electron chi connectivity index (χ0n) is 24.8. The molecule has 10 nitrogen and oxygen atoms in total. The van der Waals surface area contributed by atoms with Crippen LogP contribution in [0.2, 0.25) is 0 Å². The fraction of sp³-hybridized carbons (Fsp3) is 0.613. The van der Waals surface area contributed by atoms with Gasteiger partial charge in [0.25, 0.3) is 0 Å². The fourth-order valence-electron chi connectivity index (χ4n) is 8.17. The molecule has 3 heterocycles. The lowest BCUT2D eigenvalue weighted by Crippen LogP contribution is -2.62. The normalized spacial score (nSPS) is 37.0. The molecule has 10 heteroatoms. The number of carbonyl (C=O) groups excluding carboxylic acids is 4. The fourth-order valence-corrected chi connectivity index (χ4v) is 8.17. The number of hydrogen-bond acceptors (Lipinski definition) is 10. The van der Waals surface area contributed by atoms with Crippen LogP contribution in [0, 0.1) is 28.1 Å². The van der Waals surface area contributed by atoms with Gasteiger partial charge in [-0.15, -0.1) is 0 Å². The number of carbonyl (C=O) groups is 4. The monoisotopic (exact) mass is 570 g/mol. The summed E-state index contributed by atoms with van der Waals surface area (Å²) in [6.45, 7) is 12.5. The molecular formula is C31H38O10. The molecular weight excluding hydrogens is 532 g/mol. The lowest BCUT2D eigenvalue weighted by Gasteiger charge is -2.58. The van der Waals surface area contributed by atoms with Crippen LogP contribution >= 0.6 is 0 Å². The Morgan fingerprint density at radius 1 is 1.05 bits per heavy atom. The van der Waals surface area contributed by atoms with Crippen LogP contribution in [0.3, 0.4) is 0 Å². The van der Waals surface area contributed by atoms with Gasteiger partial charge in [0, 0.05) is 43.6 Å². The van der Waals surface area contributed by atoms with E-state index in [0.29, 0.717) is 23.5 Å². The number of methoxy groups -OCH3 is 1. The van der Waals surface area contributed by atoms with Crippen LogP contribution in [0.1, 0.15) is 73.2 Å². The van der Waals surface area contributed by atoms with Gasteiger partial charge in [-0.2, -0.15) is 0 Å². The van der Waals surface area contributed by atoms with Crippen LogP contribution < -0.4 is 0 Å². The van der Waals surface area contributed by atoms with Crippen LogP contribution in [0.15, 0.2) is 45.8 Å². The van der Waals surface area contributed by atoms with Crippen molar-refractivity contribution in [1.82, 2.24) is 0 Å². The Morgan fingerprint density at radius 3 is 2.32 bits per heavy atom. The minimum Gasteiger partial charge on any atom is -0.493 e. The molecule has 2 aliphatic heterocycles. The molecule has 1 aromatic rings. The first-order chi connectivity index (χ1) is 19.2. The number of fused-ring (bicyclic) bond motifs is 4. The first-order valence-electron chi connectivity index (χ1n) is 13.9. The van der Waals surface area contributed by atoms with Crippen LogP contribution in [-0.4, -0.2) is 49.3 Å². The number of cyclic esters (lactones) is 1. The van der Waals surface area contributed by atoms with Gasteiger partial charge >= 0.3 is 23.9 Å². The Bertz CT molecular complexity index is 1340. The lowest BCUT2D eigenvalue weighted by molar-refractivity contribution is -0.202. The maximum Gasteiger partial charge on any atom is 0.331 e. The summed E-state index contributed by atoms with van der Waals surface area (Å²) in [5.74, 6) is -1.81. The standard InChI is InChI=1S/C31H38O10/c1-15-18-12-24(35)41-27(19-10-9-11-37-19)30(18,6)28(39-17(3)33)25-26(15)40-22-14-21(38-16(2)32)29(4,5)20(31(22,25)7)13-23(34)36-8/h9-12,20-22,25,27-28H,13-14H2,1-8H3/t20-,21+,22-,25+,27-,28-,30+,31+/m0/s1. The first-order valence-corrected chi connectivity index (χ1v) is 13.9. The van der Waals surface area contributed by atoms with E-state index in [1.54, 1.807) is 12.1 Å². The van der Waals surface area contributed by atoms with Crippen molar-refractivity contribution in [1.29, 1.82) is 0 Å². The average molecular weight is 571 g/mol. The number of rotatable bonds is 5. The quantitative estimate of drug-likeness (QED) is 0.366. The number of esters is 4. The van der Waals surface area contributed by atoms with Crippen molar-refractivity contribution >= 4 is 23.9 Å². The Morgan fingerprint density at radius 2 is 1.73 bits per heavy atom. The van der Waals surface area contributed by atoms with E-state index < -0.39 is 76.4 Å². The van der Waals surface area contributed by atoms with E-state index in [4.69, 9.17) is 28.1 Å². The minimum absolute atomic E-state index is 0.0310. The van der Waals surface area contributed by atoms with Gasteiger partial charge in [-0.05, 0) is 43.0 Å². The maximum absolute atomic E-state index is 12.9. The zero-order chi connectivity index (χ0) is 30.1. The minimum atomic E-state index is -1.05. The third-order valence-electron chi connectivity index (χ3n) is 10.1. The molecule has 1 saturated heterocycles. The van der Waals surface area contributed by atoms with Crippen LogP contribution in [0.25, 0.3) is 0 Å². The van der Waals surface area contributed by atoms with Gasteiger partial charge in [0.1, 0.15) is 29.8 Å². The van der Waals surface area contributed by atoms with Gasteiger partial charge in [0.15, 0.2) is 6.10 Å².